The van der Waals surface area contributed by atoms with E-state index in [9.17, 15) is 9.90 Å². The summed E-state index contributed by atoms with van der Waals surface area (Å²) < 4.78 is 5.85. The minimum atomic E-state index is -0.265. The number of hydrogen-bond acceptors (Lipinski definition) is 3. The predicted molar refractivity (Wildman–Crippen MR) is 72.5 cm³/mol. The van der Waals surface area contributed by atoms with Crippen molar-refractivity contribution in [2.45, 2.75) is 32.5 Å². The van der Waals surface area contributed by atoms with Crippen LogP contribution in [0.2, 0.25) is 0 Å². The first-order chi connectivity index (χ1) is 9.06. The predicted octanol–water partition coefficient (Wildman–Crippen LogP) is 2.03. The molecule has 0 aromatic heterocycles. The molecule has 3 rings (SSSR count). The van der Waals surface area contributed by atoms with Crippen LogP contribution in [0.1, 0.15) is 20.3 Å². The molecular formula is C16H20O3. The van der Waals surface area contributed by atoms with E-state index in [0.717, 1.165) is 5.57 Å². The minimum absolute atomic E-state index is 0.0250. The van der Waals surface area contributed by atoms with Gasteiger partial charge in [0.25, 0.3) is 0 Å². The van der Waals surface area contributed by atoms with Crippen LogP contribution in [-0.2, 0) is 9.53 Å². The van der Waals surface area contributed by atoms with Gasteiger partial charge in [0.05, 0.1) is 18.8 Å². The molecule has 2 unspecified atom stereocenters. The molecule has 1 fully saturated rings. The Kier molecular flexibility index (Phi) is 2.99. The van der Waals surface area contributed by atoms with Crippen LogP contribution in [0.15, 0.2) is 36.0 Å². The Balaban J connectivity index is 2.00. The molecule has 3 nitrogen and oxygen atoms in total. The smallest absolute Gasteiger partial charge is 0.143 e. The van der Waals surface area contributed by atoms with Crippen molar-refractivity contribution in [1.82, 2.24) is 0 Å². The Morgan fingerprint density at radius 3 is 3.00 bits per heavy atom. The molecular weight excluding hydrogens is 240 g/mol. The van der Waals surface area contributed by atoms with Crippen molar-refractivity contribution in [3.63, 3.8) is 0 Å². The number of carbonyl (C=O) groups excluding carboxylic acids is 1. The molecule has 0 aromatic carbocycles. The Morgan fingerprint density at radius 2 is 2.26 bits per heavy atom. The minimum Gasteiger partial charge on any atom is -0.393 e. The Hall–Kier alpha value is -1.19. The average molecular weight is 260 g/mol. The largest absolute Gasteiger partial charge is 0.393 e. The lowest BCUT2D eigenvalue weighted by molar-refractivity contribution is -0.144. The van der Waals surface area contributed by atoms with Crippen LogP contribution in [0.5, 0.6) is 0 Å². The van der Waals surface area contributed by atoms with Crippen LogP contribution >= 0.6 is 0 Å². The van der Waals surface area contributed by atoms with Crippen molar-refractivity contribution in [3.8, 4) is 0 Å². The van der Waals surface area contributed by atoms with Crippen molar-refractivity contribution in [2.75, 3.05) is 6.61 Å². The maximum Gasteiger partial charge on any atom is 0.143 e. The summed E-state index contributed by atoms with van der Waals surface area (Å²) in [4.78, 5) is 12.5. The summed E-state index contributed by atoms with van der Waals surface area (Å²) in [5, 5.41) is 9.20. The summed E-state index contributed by atoms with van der Waals surface area (Å²) in [5.74, 6) is 0.435. The summed E-state index contributed by atoms with van der Waals surface area (Å²) in [5.41, 5.74) is 0.946. The molecule has 5 atom stereocenters. The quantitative estimate of drug-likeness (QED) is 0.734. The summed E-state index contributed by atoms with van der Waals surface area (Å²) in [6.45, 7) is 4.16. The van der Waals surface area contributed by atoms with Crippen molar-refractivity contribution in [1.29, 1.82) is 0 Å². The Bertz CT molecular complexity index is 488. The van der Waals surface area contributed by atoms with E-state index in [2.05, 4.69) is 19.1 Å². The topological polar surface area (TPSA) is 46.5 Å². The van der Waals surface area contributed by atoms with Crippen LogP contribution in [0.3, 0.4) is 0 Å². The van der Waals surface area contributed by atoms with Gasteiger partial charge in [0.1, 0.15) is 5.78 Å². The zero-order valence-corrected chi connectivity index (χ0v) is 11.4. The van der Waals surface area contributed by atoms with E-state index in [1.165, 1.54) is 0 Å². The van der Waals surface area contributed by atoms with E-state index in [1.807, 2.05) is 25.2 Å². The van der Waals surface area contributed by atoms with Gasteiger partial charge in [-0.15, -0.1) is 0 Å². The van der Waals surface area contributed by atoms with Crippen molar-refractivity contribution in [2.24, 2.45) is 17.3 Å². The van der Waals surface area contributed by atoms with Crippen LogP contribution in [0.25, 0.3) is 0 Å². The molecule has 2 aliphatic carbocycles. The van der Waals surface area contributed by atoms with Crippen LogP contribution < -0.4 is 0 Å². The fourth-order valence-corrected chi connectivity index (χ4v) is 3.92. The number of carbonyl (C=O) groups is 1. The molecule has 3 aliphatic rings. The second-order valence-electron chi connectivity index (χ2n) is 6.05. The molecule has 0 spiro atoms. The van der Waals surface area contributed by atoms with E-state index in [-0.39, 0.29) is 41.8 Å². The number of rotatable bonds is 1. The zero-order chi connectivity index (χ0) is 13.6. The average Bonchev–Trinajstić information content (AvgIpc) is 2.37. The lowest BCUT2D eigenvalue weighted by Crippen LogP contribution is -2.53. The second-order valence-corrected chi connectivity index (χ2v) is 6.05. The number of Topliss-reactive ketones (excluding diaryl/α,β-unsaturated/α-hetero) is 1. The van der Waals surface area contributed by atoms with Gasteiger partial charge >= 0.3 is 0 Å². The van der Waals surface area contributed by atoms with Crippen LogP contribution in [-0.4, -0.2) is 29.7 Å². The van der Waals surface area contributed by atoms with Crippen molar-refractivity contribution in [3.05, 3.63) is 36.0 Å². The van der Waals surface area contributed by atoms with Gasteiger partial charge in [-0.1, -0.05) is 42.9 Å². The fourth-order valence-electron chi connectivity index (χ4n) is 3.92. The molecule has 0 bridgehead atoms. The standard InChI is InChI=1S/C16H20O3/c1-10-4-3-7-16(2)12-6-5-11(9-17)19-14(12)8-13(18)15(10)16/h3-7,11-12,14-15,17H,8-9H2,1-2H3/t11-,12?,14?,15+,16-/m0/s1. The van der Waals surface area contributed by atoms with Gasteiger partial charge in [-0.2, -0.15) is 0 Å². The molecule has 0 radical (unpaired) electrons. The number of fused-ring (bicyclic) bond motifs is 3. The summed E-state index contributed by atoms with van der Waals surface area (Å²) in [7, 11) is 0. The van der Waals surface area contributed by atoms with Crippen LogP contribution in [0.4, 0.5) is 0 Å². The molecule has 102 valence electrons. The number of allylic oxidation sites excluding steroid dienone is 4. The van der Waals surface area contributed by atoms with Gasteiger partial charge in [0, 0.05) is 23.7 Å². The van der Waals surface area contributed by atoms with Crippen molar-refractivity contribution >= 4 is 5.78 Å². The lowest BCUT2D eigenvalue weighted by Gasteiger charge is -2.50. The number of ether oxygens (including phenoxy) is 1. The Labute approximate surface area is 113 Å². The molecule has 0 amide bonds. The molecule has 19 heavy (non-hydrogen) atoms. The third kappa shape index (κ3) is 1.84. The highest BCUT2D eigenvalue weighted by molar-refractivity contribution is 5.87. The molecule has 1 saturated carbocycles. The zero-order valence-electron chi connectivity index (χ0n) is 11.4. The monoisotopic (exact) mass is 260 g/mol. The van der Waals surface area contributed by atoms with E-state index >= 15 is 0 Å². The SMILES string of the molecule is CC1=CC=C[C@@]2(C)C3C=C[C@@H](CO)OC3CC(=O)[C@@H]12. The third-order valence-electron chi connectivity index (χ3n) is 4.80. The number of hydrogen-bond donors (Lipinski definition) is 1. The summed E-state index contributed by atoms with van der Waals surface area (Å²) in [6.07, 6.45) is 10.4. The number of aliphatic hydroxyl groups excluding tert-OH is 1. The normalized spacial score (nSPS) is 44.6. The van der Waals surface area contributed by atoms with E-state index < -0.39 is 0 Å². The van der Waals surface area contributed by atoms with Gasteiger partial charge in [-0.05, 0) is 6.92 Å². The highest BCUT2D eigenvalue weighted by atomic mass is 16.5. The first-order valence-corrected chi connectivity index (χ1v) is 6.89. The van der Waals surface area contributed by atoms with E-state index in [4.69, 9.17) is 4.74 Å². The molecule has 1 N–H and O–H groups in total. The highest BCUT2D eigenvalue weighted by Crippen LogP contribution is 2.52. The second kappa shape index (κ2) is 4.43. The summed E-state index contributed by atoms with van der Waals surface area (Å²) in [6, 6.07) is 0. The van der Waals surface area contributed by atoms with Gasteiger partial charge in [0.2, 0.25) is 0 Å². The van der Waals surface area contributed by atoms with Crippen molar-refractivity contribution < 1.29 is 14.6 Å². The molecule has 1 aliphatic heterocycles. The molecule has 3 heteroatoms. The van der Waals surface area contributed by atoms with E-state index in [1.54, 1.807) is 0 Å². The summed E-state index contributed by atoms with van der Waals surface area (Å²) >= 11 is 0. The highest BCUT2D eigenvalue weighted by Gasteiger charge is 2.52. The number of aliphatic hydroxyl groups is 1. The third-order valence-corrected chi connectivity index (χ3v) is 4.80. The molecule has 1 heterocycles. The van der Waals surface area contributed by atoms with Gasteiger partial charge in [-0.3, -0.25) is 4.79 Å². The maximum absolute atomic E-state index is 12.5. The number of ketones is 1. The van der Waals surface area contributed by atoms with Crippen LogP contribution in [0, 0.1) is 17.3 Å². The maximum atomic E-state index is 12.5. The first-order valence-electron chi connectivity index (χ1n) is 6.89. The lowest BCUT2D eigenvalue weighted by atomic mass is 9.56. The molecule has 0 saturated heterocycles. The Morgan fingerprint density at radius 1 is 1.47 bits per heavy atom. The fraction of sp³-hybridized carbons (Fsp3) is 0.562. The van der Waals surface area contributed by atoms with E-state index in [0.29, 0.717) is 6.42 Å². The molecule has 0 aromatic rings. The first kappa shape index (κ1) is 12.8. The van der Waals surface area contributed by atoms with Gasteiger partial charge < -0.3 is 9.84 Å². The van der Waals surface area contributed by atoms with Gasteiger partial charge in [-0.25, -0.2) is 0 Å². The van der Waals surface area contributed by atoms with Gasteiger partial charge in [0.15, 0.2) is 0 Å².